The van der Waals surface area contributed by atoms with Crippen molar-refractivity contribution in [2.45, 2.75) is 58.7 Å². The monoisotopic (exact) mass is 344 g/mol. The summed E-state index contributed by atoms with van der Waals surface area (Å²) in [6.45, 7) is 6.91. The number of carbonyl (C=O) groups is 4. The zero-order chi connectivity index (χ0) is 19.0. The van der Waals surface area contributed by atoms with Gasteiger partial charge in [0.05, 0.1) is 12.5 Å². The Morgan fingerprint density at radius 1 is 1.00 bits per heavy atom. The highest BCUT2D eigenvalue weighted by atomic mass is 16.4. The second kappa shape index (κ2) is 9.86. The molecular formula is C15H28N4O5. The lowest BCUT2D eigenvalue weighted by Gasteiger charge is -2.27. The van der Waals surface area contributed by atoms with Crippen molar-refractivity contribution in [2.75, 3.05) is 0 Å². The summed E-state index contributed by atoms with van der Waals surface area (Å²) < 4.78 is 0. The van der Waals surface area contributed by atoms with E-state index in [1.807, 2.05) is 6.92 Å². The second-order valence-electron chi connectivity index (χ2n) is 6.22. The first-order chi connectivity index (χ1) is 11.0. The van der Waals surface area contributed by atoms with Crippen molar-refractivity contribution < 1.29 is 24.3 Å². The van der Waals surface area contributed by atoms with Crippen LogP contribution in [0, 0.1) is 11.8 Å². The van der Waals surface area contributed by atoms with E-state index in [0.29, 0.717) is 6.42 Å². The van der Waals surface area contributed by atoms with E-state index in [4.69, 9.17) is 16.6 Å². The van der Waals surface area contributed by atoms with E-state index >= 15 is 0 Å². The molecule has 0 aliphatic heterocycles. The number of primary amides is 1. The van der Waals surface area contributed by atoms with Gasteiger partial charge in [-0.05, 0) is 11.8 Å². The van der Waals surface area contributed by atoms with E-state index in [1.54, 1.807) is 20.8 Å². The fourth-order valence-corrected chi connectivity index (χ4v) is 2.03. The van der Waals surface area contributed by atoms with Crippen molar-refractivity contribution in [1.82, 2.24) is 10.6 Å². The van der Waals surface area contributed by atoms with Crippen molar-refractivity contribution in [3.8, 4) is 0 Å². The van der Waals surface area contributed by atoms with Crippen molar-refractivity contribution in [3.05, 3.63) is 0 Å². The molecule has 0 heterocycles. The van der Waals surface area contributed by atoms with Gasteiger partial charge in [-0.15, -0.1) is 0 Å². The summed E-state index contributed by atoms with van der Waals surface area (Å²) in [7, 11) is 0. The lowest BCUT2D eigenvalue weighted by molar-refractivity contribution is -0.143. The van der Waals surface area contributed by atoms with E-state index in [-0.39, 0.29) is 18.3 Å². The SMILES string of the molecule is CCC(C)C(NC(=O)C(N)CC(N)=O)C(=O)NC(C(=O)O)C(C)C. The molecule has 0 aliphatic carbocycles. The molecule has 0 radical (unpaired) electrons. The van der Waals surface area contributed by atoms with Gasteiger partial charge in [0, 0.05) is 0 Å². The van der Waals surface area contributed by atoms with E-state index in [1.165, 1.54) is 0 Å². The van der Waals surface area contributed by atoms with Gasteiger partial charge < -0.3 is 27.2 Å². The number of hydrogen-bond donors (Lipinski definition) is 5. The number of rotatable bonds is 10. The quantitative estimate of drug-likeness (QED) is 0.339. The predicted octanol–water partition coefficient (Wildman–Crippen LogP) is -1.05. The summed E-state index contributed by atoms with van der Waals surface area (Å²) in [6.07, 6.45) is 0.229. The van der Waals surface area contributed by atoms with Gasteiger partial charge in [-0.3, -0.25) is 14.4 Å². The van der Waals surface area contributed by atoms with Crippen LogP contribution in [0.25, 0.3) is 0 Å². The largest absolute Gasteiger partial charge is 0.480 e. The molecule has 138 valence electrons. The van der Waals surface area contributed by atoms with Crippen LogP contribution in [0.5, 0.6) is 0 Å². The third kappa shape index (κ3) is 6.95. The molecule has 0 bridgehead atoms. The Labute approximate surface area is 141 Å². The molecular weight excluding hydrogens is 316 g/mol. The molecule has 0 rings (SSSR count). The molecule has 0 aromatic heterocycles. The molecule has 3 amide bonds. The molecule has 7 N–H and O–H groups in total. The summed E-state index contributed by atoms with van der Waals surface area (Å²) in [6, 6.07) is -3.19. The Balaban J connectivity index is 5.12. The third-order valence-electron chi connectivity index (χ3n) is 3.78. The summed E-state index contributed by atoms with van der Waals surface area (Å²) in [4.78, 5) is 46.5. The van der Waals surface area contributed by atoms with E-state index in [2.05, 4.69) is 10.6 Å². The number of aliphatic carboxylic acids is 1. The van der Waals surface area contributed by atoms with Crippen LogP contribution in [0.15, 0.2) is 0 Å². The number of nitrogens with two attached hydrogens (primary N) is 2. The smallest absolute Gasteiger partial charge is 0.326 e. The van der Waals surface area contributed by atoms with Crippen molar-refractivity contribution >= 4 is 23.7 Å². The van der Waals surface area contributed by atoms with Crippen LogP contribution in [0.3, 0.4) is 0 Å². The second-order valence-corrected chi connectivity index (χ2v) is 6.22. The zero-order valence-corrected chi connectivity index (χ0v) is 14.5. The highest BCUT2D eigenvalue weighted by Crippen LogP contribution is 2.10. The number of carbonyl (C=O) groups excluding carboxylic acids is 3. The van der Waals surface area contributed by atoms with Crippen LogP contribution in [0.2, 0.25) is 0 Å². The molecule has 0 spiro atoms. The van der Waals surface area contributed by atoms with Crippen LogP contribution in [0.4, 0.5) is 0 Å². The van der Waals surface area contributed by atoms with E-state index in [0.717, 1.165) is 0 Å². The van der Waals surface area contributed by atoms with Crippen LogP contribution in [0.1, 0.15) is 40.5 Å². The Hall–Kier alpha value is -2.16. The molecule has 0 saturated carbocycles. The number of carboxylic acids is 1. The van der Waals surface area contributed by atoms with Gasteiger partial charge in [0.1, 0.15) is 12.1 Å². The third-order valence-corrected chi connectivity index (χ3v) is 3.78. The van der Waals surface area contributed by atoms with Crippen molar-refractivity contribution in [1.29, 1.82) is 0 Å². The van der Waals surface area contributed by atoms with Crippen LogP contribution in [-0.4, -0.2) is 46.9 Å². The van der Waals surface area contributed by atoms with Crippen LogP contribution in [-0.2, 0) is 19.2 Å². The lowest BCUT2D eigenvalue weighted by Crippen LogP contribution is -2.57. The molecule has 24 heavy (non-hydrogen) atoms. The molecule has 9 heteroatoms. The highest BCUT2D eigenvalue weighted by Gasteiger charge is 2.32. The minimum atomic E-state index is -1.16. The van der Waals surface area contributed by atoms with Gasteiger partial charge in [-0.1, -0.05) is 34.1 Å². The maximum Gasteiger partial charge on any atom is 0.326 e. The van der Waals surface area contributed by atoms with Gasteiger partial charge >= 0.3 is 5.97 Å². The first-order valence-electron chi connectivity index (χ1n) is 7.88. The van der Waals surface area contributed by atoms with Crippen LogP contribution >= 0.6 is 0 Å². The van der Waals surface area contributed by atoms with Crippen molar-refractivity contribution in [3.63, 3.8) is 0 Å². The van der Waals surface area contributed by atoms with Gasteiger partial charge in [0.15, 0.2) is 0 Å². The number of nitrogens with one attached hydrogen (secondary N) is 2. The van der Waals surface area contributed by atoms with Gasteiger partial charge in [-0.25, -0.2) is 4.79 Å². The molecule has 0 aromatic rings. The summed E-state index contributed by atoms with van der Waals surface area (Å²) in [5, 5.41) is 14.1. The fourth-order valence-electron chi connectivity index (χ4n) is 2.03. The standard InChI is InChI=1S/C15H28N4O5/c1-5-8(4)12(19-13(21)9(16)6-10(17)20)14(22)18-11(7(2)3)15(23)24/h7-9,11-12H,5-6,16H2,1-4H3,(H2,17,20)(H,18,22)(H,19,21)(H,23,24). The molecule has 0 aliphatic rings. The zero-order valence-electron chi connectivity index (χ0n) is 14.5. The van der Waals surface area contributed by atoms with Gasteiger partial charge in [-0.2, -0.15) is 0 Å². The summed E-state index contributed by atoms with van der Waals surface area (Å²) >= 11 is 0. The molecule has 4 unspecified atom stereocenters. The molecule has 0 saturated heterocycles. The first-order valence-corrected chi connectivity index (χ1v) is 7.88. The predicted molar refractivity (Wildman–Crippen MR) is 87.6 cm³/mol. The molecule has 0 fully saturated rings. The first kappa shape index (κ1) is 21.8. The minimum Gasteiger partial charge on any atom is -0.480 e. The van der Waals surface area contributed by atoms with E-state index < -0.39 is 41.8 Å². The average Bonchev–Trinajstić information content (AvgIpc) is 2.47. The Bertz CT molecular complexity index is 480. The number of carboxylic acid groups (broad SMARTS) is 1. The van der Waals surface area contributed by atoms with Gasteiger partial charge in [0.2, 0.25) is 17.7 Å². The fraction of sp³-hybridized carbons (Fsp3) is 0.733. The summed E-state index contributed by atoms with van der Waals surface area (Å²) in [5.74, 6) is -3.75. The van der Waals surface area contributed by atoms with Crippen molar-refractivity contribution in [2.24, 2.45) is 23.3 Å². The average molecular weight is 344 g/mol. The Morgan fingerprint density at radius 2 is 1.50 bits per heavy atom. The molecule has 9 nitrogen and oxygen atoms in total. The topological polar surface area (TPSA) is 165 Å². The van der Waals surface area contributed by atoms with Crippen LogP contribution < -0.4 is 22.1 Å². The molecule has 4 atom stereocenters. The highest BCUT2D eigenvalue weighted by molar-refractivity contribution is 5.93. The number of hydrogen-bond acceptors (Lipinski definition) is 5. The lowest BCUT2D eigenvalue weighted by atomic mass is 9.96. The molecule has 0 aromatic carbocycles. The number of amides is 3. The minimum absolute atomic E-state index is 0.253. The maximum atomic E-state index is 12.4. The maximum absolute atomic E-state index is 12.4. The normalized spacial score (nSPS) is 15.9. The Morgan fingerprint density at radius 3 is 1.88 bits per heavy atom. The van der Waals surface area contributed by atoms with E-state index in [9.17, 15) is 19.2 Å². The summed E-state index contributed by atoms with van der Waals surface area (Å²) in [5.41, 5.74) is 10.6. The Kier molecular flexibility index (Phi) is 8.97. The van der Waals surface area contributed by atoms with Gasteiger partial charge in [0.25, 0.3) is 0 Å².